The summed E-state index contributed by atoms with van der Waals surface area (Å²) in [6.07, 6.45) is 5.28. The summed E-state index contributed by atoms with van der Waals surface area (Å²) in [5.74, 6) is 2.18. The van der Waals surface area contributed by atoms with E-state index < -0.39 is 0 Å². The molecule has 35 heavy (non-hydrogen) atoms. The van der Waals surface area contributed by atoms with Crippen LogP contribution in [0, 0.1) is 12.3 Å². The SMILES string of the molecule is COc1nc(N2C[C@]3(C(C)(C)C)C[C@@H]2CO3)cc(-n2ncc3cc(C)c(C4CCNCC4)cc32)n1. The topological polar surface area (TPSA) is 77.3 Å². The maximum Gasteiger partial charge on any atom is 0.320 e. The first-order chi connectivity index (χ1) is 16.8. The lowest BCUT2D eigenvalue weighted by Crippen LogP contribution is -2.50. The largest absolute Gasteiger partial charge is 0.467 e. The van der Waals surface area contributed by atoms with Crippen molar-refractivity contribution in [3.63, 3.8) is 0 Å². The summed E-state index contributed by atoms with van der Waals surface area (Å²) in [4.78, 5) is 11.8. The highest BCUT2D eigenvalue weighted by Crippen LogP contribution is 2.49. The Morgan fingerprint density at radius 2 is 1.89 bits per heavy atom. The van der Waals surface area contributed by atoms with Crippen molar-refractivity contribution in [2.45, 2.75) is 64.5 Å². The predicted octanol–water partition coefficient (Wildman–Crippen LogP) is 3.99. The molecule has 5 heterocycles. The van der Waals surface area contributed by atoms with Crippen molar-refractivity contribution < 1.29 is 9.47 Å². The smallest absolute Gasteiger partial charge is 0.320 e. The van der Waals surface area contributed by atoms with Crippen molar-refractivity contribution in [3.05, 3.63) is 35.5 Å². The Morgan fingerprint density at radius 1 is 1.11 bits per heavy atom. The lowest BCUT2D eigenvalue weighted by molar-refractivity contribution is -0.0748. The second kappa shape index (κ2) is 8.17. The average Bonchev–Trinajstić information content (AvgIpc) is 3.57. The number of rotatable bonds is 4. The molecule has 3 fully saturated rings. The van der Waals surface area contributed by atoms with Crippen molar-refractivity contribution >= 4 is 16.7 Å². The molecule has 0 amide bonds. The molecule has 2 bridgehead atoms. The number of ether oxygens (including phenoxy) is 2. The second-order valence-corrected chi connectivity index (χ2v) is 11.5. The zero-order chi connectivity index (χ0) is 24.4. The summed E-state index contributed by atoms with van der Waals surface area (Å²) in [7, 11) is 1.62. The Balaban J connectivity index is 1.41. The lowest BCUT2D eigenvalue weighted by Gasteiger charge is -2.42. The van der Waals surface area contributed by atoms with Gasteiger partial charge in [-0.15, -0.1) is 0 Å². The van der Waals surface area contributed by atoms with Crippen LogP contribution in [0.2, 0.25) is 0 Å². The van der Waals surface area contributed by atoms with Crippen molar-refractivity contribution in [1.29, 1.82) is 0 Å². The summed E-state index contributed by atoms with van der Waals surface area (Å²) >= 11 is 0. The van der Waals surface area contributed by atoms with Gasteiger partial charge < -0.3 is 19.7 Å². The number of nitrogens with zero attached hydrogens (tertiary/aromatic N) is 5. The fraction of sp³-hybridized carbons (Fsp3) is 0.593. The minimum Gasteiger partial charge on any atom is -0.467 e. The first-order valence-electron chi connectivity index (χ1n) is 12.8. The van der Waals surface area contributed by atoms with E-state index in [4.69, 9.17) is 24.5 Å². The van der Waals surface area contributed by atoms with Crippen molar-refractivity contribution in [2.24, 2.45) is 5.41 Å². The Hall–Kier alpha value is -2.71. The zero-order valence-corrected chi connectivity index (χ0v) is 21.5. The highest BCUT2D eigenvalue weighted by atomic mass is 16.5. The standard InChI is InChI=1S/C27H36N6O2/c1-17-10-19-14-29-33(22(19)11-21(17)18-6-8-28-9-7-18)24-12-23(30-25(31-24)34-5)32-16-27(26(2,3)4)13-20(32)15-35-27/h10-12,14,18,20,28H,6-9,13,15-16H2,1-5H3/t20-,27+/m1/s1. The molecule has 0 aliphatic carbocycles. The van der Waals surface area contributed by atoms with E-state index in [1.54, 1.807) is 7.11 Å². The van der Waals surface area contributed by atoms with E-state index in [1.165, 1.54) is 24.0 Å². The number of nitrogens with one attached hydrogen (secondary N) is 1. The molecule has 6 rings (SSSR count). The maximum atomic E-state index is 6.32. The Bertz CT molecular complexity index is 1260. The van der Waals surface area contributed by atoms with Crippen LogP contribution in [0.25, 0.3) is 16.7 Å². The van der Waals surface area contributed by atoms with Crippen LogP contribution in [0.3, 0.4) is 0 Å². The average molecular weight is 477 g/mol. The number of aromatic nitrogens is 4. The van der Waals surface area contributed by atoms with Gasteiger partial charge >= 0.3 is 6.01 Å². The highest BCUT2D eigenvalue weighted by molar-refractivity contribution is 5.82. The highest BCUT2D eigenvalue weighted by Gasteiger charge is 2.57. The monoisotopic (exact) mass is 476 g/mol. The van der Waals surface area contributed by atoms with Crippen LogP contribution in [0.4, 0.5) is 5.82 Å². The van der Waals surface area contributed by atoms with Gasteiger partial charge in [-0.25, -0.2) is 4.68 Å². The molecule has 0 saturated carbocycles. The summed E-state index contributed by atoms with van der Waals surface area (Å²) in [5.41, 5.74) is 3.73. The number of aryl methyl sites for hydroxylation is 1. The Morgan fingerprint density at radius 3 is 2.60 bits per heavy atom. The van der Waals surface area contributed by atoms with Crippen molar-refractivity contribution in [3.8, 4) is 11.8 Å². The van der Waals surface area contributed by atoms with E-state index in [0.29, 0.717) is 18.0 Å². The molecule has 2 aromatic heterocycles. The number of anilines is 1. The normalized spacial score (nSPS) is 25.1. The van der Waals surface area contributed by atoms with Gasteiger partial charge in [0.25, 0.3) is 0 Å². The third-order valence-electron chi connectivity index (χ3n) is 8.46. The van der Waals surface area contributed by atoms with Gasteiger partial charge in [0.15, 0.2) is 5.82 Å². The molecular weight excluding hydrogens is 440 g/mol. The number of methoxy groups -OCH3 is 1. The summed E-state index contributed by atoms with van der Waals surface area (Å²) in [6, 6.07) is 7.31. The van der Waals surface area contributed by atoms with Gasteiger partial charge in [-0.05, 0) is 67.4 Å². The molecular formula is C27H36N6O2. The van der Waals surface area contributed by atoms with Crippen LogP contribution in [-0.2, 0) is 4.74 Å². The third-order valence-corrected chi connectivity index (χ3v) is 8.46. The summed E-state index contributed by atoms with van der Waals surface area (Å²) in [6.45, 7) is 12.7. The molecule has 1 aromatic carbocycles. The van der Waals surface area contributed by atoms with Gasteiger partial charge in [0.2, 0.25) is 0 Å². The first kappa shape index (κ1) is 22.7. The summed E-state index contributed by atoms with van der Waals surface area (Å²) < 4.78 is 13.8. The van der Waals surface area contributed by atoms with Gasteiger partial charge in [-0.2, -0.15) is 15.1 Å². The molecule has 3 aliphatic heterocycles. The molecule has 8 heteroatoms. The fourth-order valence-electron chi connectivity index (χ4n) is 6.20. The molecule has 0 radical (unpaired) electrons. The van der Waals surface area contributed by atoms with E-state index in [9.17, 15) is 0 Å². The summed E-state index contributed by atoms with van der Waals surface area (Å²) in [5, 5.41) is 9.36. The number of piperidine rings is 1. The molecule has 186 valence electrons. The predicted molar refractivity (Wildman–Crippen MR) is 137 cm³/mol. The molecule has 1 N–H and O–H groups in total. The third kappa shape index (κ3) is 3.69. The number of hydrogen-bond donors (Lipinski definition) is 1. The Labute approximate surface area is 207 Å². The van der Waals surface area contributed by atoms with E-state index in [1.807, 2.05) is 10.9 Å². The minimum atomic E-state index is -0.157. The number of fused-ring (bicyclic) bond motifs is 3. The van der Waals surface area contributed by atoms with Crippen LogP contribution in [0.5, 0.6) is 6.01 Å². The molecule has 3 saturated heterocycles. The Kier molecular flexibility index (Phi) is 5.30. The first-order valence-corrected chi connectivity index (χ1v) is 12.8. The van der Waals surface area contributed by atoms with Gasteiger partial charge in [0.1, 0.15) is 5.82 Å². The van der Waals surface area contributed by atoms with Crippen LogP contribution in [0.1, 0.15) is 57.1 Å². The molecule has 2 atom stereocenters. The van der Waals surface area contributed by atoms with E-state index in [2.05, 4.69) is 56.1 Å². The molecule has 3 aliphatic rings. The molecule has 0 spiro atoms. The second-order valence-electron chi connectivity index (χ2n) is 11.5. The minimum absolute atomic E-state index is 0.0531. The van der Waals surface area contributed by atoms with Gasteiger partial charge in [-0.1, -0.05) is 20.8 Å². The fourth-order valence-corrected chi connectivity index (χ4v) is 6.20. The van der Waals surface area contributed by atoms with E-state index in [-0.39, 0.29) is 11.0 Å². The van der Waals surface area contributed by atoms with Crippen LogP contribution in [-0.4, -0.2) is 64.7 Å². The van der Waals surface area contributed by atoms with Crippen molar-refractivity contribution in [2.75, 3.05) is 38.3 Å². The molecule has 8 nitrogen and oxygen atoms in total. The van der Waals surface area contributed by atoms with Crippen LogP contribution >= 0.6 is 0 Å². The van der Waals surface area contributed by atoms with Crippen LogP contribution in [0.15, 0.2) is 24.4 Å². The van der Waals surface area contributed by atoms with E-state index in [0.717, 1.165) is 55.2 Å². The maximum absolute atomic E-state index is 6.32. The number of morpholine rings is 1. The number of benzene rings is 1. The zero-order valence-electron chi connectivity index (χ0n) is 21.5. The van der Waals surface area contributed by atoms with E-state index >= 15 is 0 Å². The lowest BCUT2D eigenvalue weighted by atomic mass is 9.76. The number of hydrogen-bond acceptors (Lipinski definition) is 7. The quantitative estimate of drug-likeness (QED) is 0.610. The van der Waals surface area contributed by atoms with Gasteiger partial charge in [0, 0.05) is 24.4 Å². The van der Waals surface area contributed by atoms with Gasteiger partial charge in [0.05, 0.1) is 37.1 Å². The van der Waals surface area contributed by atoms with Crippen LogP contribution < -0.4 is 15.0 Å². The van der Waals surface area contributed by atoms with Crippen molar-refractivity contribution in [1.82, 2.24) is 25.1 Å². The molecule has 0 unspecified atom stereocenters. The molecule has 3 aromatic rings. The van der Waals surface area contributed by atoms with Gasteiger partial charge in [-0.3, -0.25) is 0 Å².